The minimum Gasteiger partial charge on any atom is -0.491 e. The molecule has 4 nitrogen and oxygen atoms in total. The third-order valence-electron chi connectivity index (χ3n) is 2.56. The van der Waals surface area contributed by atoms with Crippen LogP contribution in [-0.2, 0) is 6.61 Å². The maximum Gasteiger partial charge on any atom is 0.258 e. The lowest BCUT2D eigenvalue weighted by molar-refractivity contribution is 0.267. The number of aromatic nitrogens is 1. The summed E-state index contributed by atoms with van der Waals surface area (Å²) in [6.45, 7) is -0.00262. The number of benzene rings is 1. The van der Waals surface area contributed by atoms with Gasteiger partial charge in [-0.1, -0.05) is 6.07 Å². The molecule has 0 spiro atoms. The quantitative estimate of drug-likeness (QED) is 0.802. The van der Waals surface area contributed by atoms with Gasteiger partial charge in [0.2, 0.25) is 0 Å². The Bertz CT molecular complexity index is 671. The molecular weight excluding hydrogens is 327 g/mol. The molecule has 102 valence electrons. The van der Waals surface area contributed by atoms with Crippen molar-refractivity contribution in [3.05, 3.63) is 51.9 Å². The van der Waals surface area contributed by atoms with Crippen LogP contribution in [0.15, 0.2) is 34.9 Å². The number of nitrogens with zero attached hydrogens (tertiary/aromatic N) is 2. The Morgan fingerprint density at radius 2 is 2.15 bits per heavy atom. The van der Waals surface area contributed by atoms with Crippen molar-refractivity contribution in [1.29, 1.82) is 5.26 Å². The summed E-state index contributed by atoms with van der Waals surface area (Å²) in [6.07, 6.45) is 0. The molecule has 0 atom stereocenters. The molecule has 20 heavy (non-hydrogen) atoms. The van der Waals surface area contributed by atoms with Gasteiger partial charge in [-0.2, -0.15) is 5.26 Å². The summed E-state index contributed by atoms with van der Waals surface area (Å²) in [5.41, 5.74) is 0.609. The van der Waals surface area contributed by atoms with Gasteiger partial charge in [-0.15, -0.1) is 0 Å². The van der Waals surface area contributed by atoms with E-state index in [0.717, 1.165) is 0 Å². The zero-order chi connectivity index (χ0) is 14.5. The van der Waals surface area contributed by atoms with E-state index in [2.05, 4.69) is 20.9 Å². The van der Waals surface area contributed by atoms with E-state index >= 15 is 0 Å². The van der Waals surface area contributed by atoms with Gasteiger partial charge in [0.1, 0.15) is 17.0 Å². The molecule has 2 rings (SSSR count). The van der Waals surface area contributed by atoms with E-state index < -0.39 is 5.82 Å². The smallest absolute Gasteiger partial charge is 0.258 e. The number of methoxy groups -OCH3 is 1. The number of hydrogen-bond donors (Lipinski definition) is 0. The van der Waals surface area contributed by atoms with Gasteiger partial charge in [-0.25, -0.2) is 9.37 Å². The average Bonchev–Trinajstić information content (AvgIpc) is 2.46. The summed E-state index contributed by atoms with van der Waals surface area (Å²) >= 11 is 3.23. The van der Waals surface area contributed by atoms with Crippen LogP contribution in [0, 0.1) is 17.1 Å². The lowest BCUT2D eigenvalue weighted by atomic mass is 10.1. The van der Waals surface area contributed by atoms with Crippen molar-refractivity contribution in [2.75, 3.05) is 7.11 Å². The Balaban J connectivity index is 2.17. The minimum absolute atomic E-state index is 0.00262. The van der Waals surface area contributed by atoms with Crippen LogP contribution < -0.4 is 9.47 Å². The lowest BCUT2D eigenvalue weighted by Gasteiger charge is -2.10. The van der Waals surface area contributed by atoms with Crippen LogP contribution in [0.3, 0.4) is 0 Å². The molecule has 0 radical (unpaired) electrons. The van der Waals surface area contributed by atoms with Gasteiger partial charge in [0.05, 0.1) is 18.7 Å². The molecule has 0 N–H and O–H groups in total. The first-order valence-corrected chi connectivity index (χ1v) is 6.45. The second-order valence-electron chi connectivity index (χ2n) is 3.85. The summed E-state index contributed by atoms with van der Waals surface area (Å²) in [5.74, 6) is 0.242. The number of pyridine rings is 1. The summed E-state index contributed by atoms with van der Waals surface area (Å²) in [4.78, 5) is 4.12. The zero-order valence-corrected chi connectivity index (χ0v) is 12.1. The number of nitriles is 1. The van der Waals surface area contributed by atoms with E-state index in [4.69, 9.17) is 14.7 Å². The van der Waals surface area contributed by atoms with Crippen LogP contribution in [0.1, 0.15) is 11.1 Å². The molecule has 0 bridgehead atoms. The van der Waals surface area contributed by atoms with Gasteiger partial charge in [-0.05, 0) is 40.2 Å². The third-order valence-corrected chi connectivity index (χ3v) is 3.00. The summed E-state index contributed by atoms with van der Waals surface area (Å²) in [5, 5.41) is 8.68. The Hall–Kier alpha value is -2.13. The average molecular weight is 337 g/mol. The lowest BCUT2D eigenvalue weighted by Crippen LogP contribution is -2.02. The predicted molar refractivity (Wildman–Crippen MR) is 73.9 cm³/mol. The fourth-order valence-electron chi connectivity index (χ4n) is 1.54. The second kappa shape index (κ2) is 6.35. The summed E-state index contributed by atoms with van der Waals surface area (Å²) in [7, 11) is 1.50. The Morgan fingerprint density at radius 1 is 1.35 bits per heavy atom. The molecule has 1 aromatic heterocycles. The number of rotatable bonds is 4. The number of hydrogen-bond acceptors (Lipinski definition) is 4. The van der Waals surface area contributed by atoms with Crippen LogP contribution in [0.4, 0.5) is 4.39 Å². The molecule has 0 aliphatic carbocycles. The highest BCUT2D eigenvalue weighted by molar-refractivity contribution is 9.10. The highest BCUT2D eigenvalue weighted by Gasteiger charge is 2.09. The van der Waals surface area contributed by atoms with Crippen molar-refractivity contribution in [1.82, 2.24) is 4.98 Å². The Labute approximate surface area is 123 Å². The van der Waals surface area contributed by atoms with Crippen LogP contribution in [0.2, 0.25) is 0 Å². The number of ether oxygens (including phenoxy) is 2. The largest absolute Gasteiger partial charge is 0.491 e. The molecule has 6 heteroatoms. The molecule has 0 saturated heterocycles. The van der Waals surface area contributed by atoms with Crippen molar-refractivity contribution in [2.45, 2.75) is 6.61 Å². The Kier molecular flexibility index (Phi) is 4.53. The minimum atomic E-state index is -0.488. The number of halogens is 2. The van der Waals surface area contributed by atoms with Gasteiger partial charge in [-0.3, -0.25) is 0 Å². The SMILES string of the molecule is COc1ccc(Br)nc1OCc1ccc(C#N)cc1F. The highest BCUT2D eigenvalue weighted by atomic mass is 79.9. The Morgan fingerprint density at radius 3 is 2.80 bits per heavy atom. The molecule has 0 saturated carbocycles. The molecule has 1 heterocycles. The van der Waals surface area contributed by atoms with E-state index in [1.54, 1.807) is 12.1 Å². The van der Waals surface area contributed by atoms with Crippen LogP contribution in [0.5, 0.6) is 11.6 Å². The van der Waals surface area contributed by atoms with Gasteiger partial charge in [0.25, 0.3) is 5.88 Å². The second-order valence-corrected chi connectivity index (χ2v) is 4.66. The van der Waals surface area contributed by atoms with Gasteiger partial charge in [0, 0.05) is 5.56 Å². The van der Waals surface area contributed by atoms with Gasteiger partial charge >= 0.3 is 0 Å². The topological polar surface area (TPSA) is 55.1 Å². The molecule has 0 aliphatic rings. The predicted octanol–water partition coefficient (Wildman–Crippen LogP) is 3.44. The monoisotopic (exact) mass is 336 g/mol. The molecular formula is C14H10BrFN2O2. The first-order chi connectivity index (χ1) is 9.63. The van der Waals surface area contributed by atoms with Gasteiger partial charge in [0.15, 0.2) is 5.75 Å². The summed E-state index contributed by atoms with van der Waals surface area (Å²) in [6, 6.07) is 9.51. The van der Waals surface area contributed by atoms with Crippen LogP contribution >= 0.6 is 15.9 Å². The maximum atomic E-state index is 13.7. The molecule has 0 unspecified atom stereocenters. The van der Waals surface area contributed by atoms with Crippen LogP contribution in [-0.4, -0.2) is 12.1 Å². The van der Waals surface area contributed by atoms with E-state index in [9.17, 15) is 4.39 Å². The standard InChI is InChI=1S/C14H10BrFN2O2/c1-19-12-4-5-13(15)18-14(12)20-8-10-3-2-9(7-17)6-11(10)16/h2-6H,8H2,1H3. The molecule has 0 fully saturated rings. The third kappa shape index (κ3) is 3.25. The first kappa shape index (κ1) is 14.3. The van der Waals surface area contributed by atoms with Gasteiger partial charge < -0.3 is 9.47 Å². The fourth-order valence-corrected chi connectivity index (χ4v) is 1.84. The molecule has 0 aliphatic heterocycles. The summed E-state index contributed by atoms with van der Waals surface area (Å²) < 4.78 is 24.9. The molecule has 2 aromatic rings. The maximum absolute atomic E-state index is 13.7. The van der Waals surface area contributed by atoms with Crippen LogP contribution in [0.25, 0.3) is 0 Å². The van der Waals surface area contributed by atoms with Crippen molar-refractivity contribution >= 4 is 15.9 Å². The first-order valence-electron chi connectivity index (χ1n) is 5.66. The fraction of sp³-hybridized carbons (Fsp3) is 0.143. The van der Waals surface area contributed by atoms with Crippen molar-refractivity contribution < 1.29 is 13.9 Å². The zero-order valence-electron chi connectivity index (χ0n) is 10.6. The van der Waals surface area contributed by atoms with Crippen molar-refractivity contribution in [3.63, 3.8) is 0 Å². The van der Waals surface area contributed by atoms with E-state index in [1.807, 2.05) is 6.07 Å². The van der Waals surface area contributed by atoms with Crippen molar-refractivity contribution in [2.24, 2.45) is 0 Å². The van der Waals surface area contributed by atoms with E-state index in [-0.39, 0.29) is 18.1 Å². The normalized spacial score (nSPS) is 9.90. The molecule has 1 aromatic carbocycles. The van der Waals surface area contributed by atoms with Crippen molar-refractivity contribution in [3.8, 4) is 17.7 Å². The highest BCUT2D eigenvalue weighted by Crippen LogP contribution is 2.27. The molecule has 0 amide bonds. The van der Waals surface area contributed by atoms with E-state index in [1.165, 1.54) is 25.3 Å². The van der Waals surface area contributed by atoms with E-state index in [0.29, 0.717) is 15.9 Å².